The first kappa shape index (κ1) is 18.5. The first-order valence-corrected chi connectivity index (χ1v) is 10.8. The molecule has 2 amide bonds. The average Bonchev–Trinajstić information content (AvgIpc) is 3.37. The summed E-state index contributed by atoms with van der Waals surface area (Å²) in [7, 11) is 0. The van der Waals surface area contributed by atoms with Crippen molar-refractivity contribution in [1.82, 2.24) is 9.80 Å². The molecule has 150 valence electrons. The number of fused-ring (bicyclic) bond motifs is 1. The van der Waals surface area contributed by atoms with E-state index >= 15 is 0 Å². The number of thioether (sulfide) groups is 1. The maximum atomic E-state index is 12.8. The standard InChI is InChI=1S/C22H23N3O3S/c26-20(24-11-13-25(14-12-24)21(27)22(28)9-10-22)16-7-5-15(6-8-16)19-23-17-3-1-2-4-18(17)29-19/h1-8,19,23,28H,9-14H2. The zero-order valence-corrected chi connectivity index (χ0v) is 16.8. The lowest BCUT2D eigenvalue weighted by molar-refractivity contribution is -0.143. The van der Waals surface area contributed by atoms with E-state index in [9.17, 15) is 14.7 Å². The number of rotatable bonds is 3. The Labute approximate surface area is 173 Å². The number of piperazine rings is 1. The van der Waals surface area contributed by atoms with E-state index in [4.69, 9.17) is 0 Å². The molecule has 0 bridgehead atoms. The Bertz CT molecular complexity index is 925. The van der Waals surface area contributed by atoms with Crippen LogP contribution in [-0.2, 0) is 4.79 Å². The van der Waals surface area contributed by atoms with Gasteiger partial charge in [0.15, 0.2) is 0 Å². The summed E-state index contributed by atoms with van der Waals surface area (Å²) in [4.78, 5) is 29.8. The highest BCUT2D eigenvalue weighted by molar-refractivity contribution is 8.00. The van der Waals surface area contributed by atoms with Gasteiger partial charge in [0.25, 0.3) is 11.8 Å². The Hall–Kier alpha value is -2.51. The summed E-state index contributed by atoms with van der Waals surface area (Å²) < 4.78 is 0. The van der Waals surface area contributed by atoms with E-state index in [1.807, 2.05) is 36.4 Å². The number of aliphatic hydroxyl groups is 1. The predicted octanol–water partition coefficient (Wildman–Crippen LogP) is 2.71. The molecule has 5 rings (SSSR count). The van der Waals surface area contributed by atoms with Crippen LogP contribution in [0.2, 0.25) is 0 Å². The van der Waals surface area contributed by atoms with E-state index in [-0.39, 0.29) is 17.2 Å². The minimum absolute atomic E-state index is 0.0101. The van der Waals surface area contributed by atoms with E-state index in [2.05, 4.69) is 17.4 Å². The lowest BCUT2D eigenvalue weighted by Crippen LogP contribution is -2.53. The summed E-state index contributed by atoms with van der Waals surface area (Å²) in [6, 6.07) is 16.0. The molecule has 7 heteroatoms. The second-order valence-electron chi connectivity index (χ2n) is 7.88. The number of anilines is 1. The maximum absolute atomic E-state index is 12.8. The number of nitrogens with zero attached hydrogens (tertiary/aromatic N) is 2. The molecule has 2 aromatic carbocycles. The van der Waals surface area contributed by atoms with Crippen LogP contribution in [0, 0.1) is 0 Å². The number of carbonyl (C=O) groups excluding carboxylic acids is 2. The van der Waals surface area contributed by atoms with E-state index in [1.54, 1.807) is 21.6 Å². The molecule has 1 saturated heterocycles. The van der Waals surface area contributed by atoms with Gasteiger partial charge in [0.2, 0.25) is 0 Å². The van der Waals surface area contributed by atoms with Crippen LogP contribution in [-0.4, -0.2) is 58.5 Å². The van der Waals surface area contributed by atoms with E-state index in [0.717, 1.165) is 11.3 Å². The Morgan fingerprint density at radius 1 is 0.966 bits per heavy atom. The Kier molecular flexibility index (Phi) is 4.52. The van der Waals surface area contributed by atoms with Gasteiger partial charge < -0.3 is 20.2 Å². The third-order valence-electron chi connectivity index (χ3n) is 5.85. The number of hydrogen-bond donors (Lipinski definition) is 2. The lowest BCUT2D eigenvalue weighted by atomic mass is 10.1. The van der Waals surface area contributed by atoms with Crippen molar-refractivity contribution < 1.29 is 14.7 Å². The highest BCUT2D eigenvalue weighted by Gasteiger charge is 2.50. The zero-order chi connectivity index (χ0) is 20.0. The van der Waals surface area contributed by atoms with Crippen LogP contribution in [0.3, 0.4) is 0 Å². The van der Waals surface area contributed by atoms with Crippen molar-refractivity contribution in [3.8, 4) is 0 Å². The molecular formula is C22H23N3O3S. The van der Waals surface area contributed by atoms with Crippen molar-refractivity contribution >= 4 is 29.3 Å². The second-order valence-corrected chi connectivity index (χ2v) is 9.02. The first-order chi connectivity index (χ1) is 14.0. The number of amides is 2. The van der Waals surface area contributed by atoms with Crippen molar-refractivity contribution in [3.05, 3.63) is 59.7 Å². The van der Waals surface area contributed by atoms with Crippen molar-refractivity contribution in [1.29, 1.82) is 0 Å². The fourth-order valence-corrected chi connectivity index (χ4v) is 5.00. The van der Waals surface area contributed by atoms with Crippen molar-refractivity contribution in [2.75, 3.05) is 31.5 Å². The van der Waals surface area contributed by atoms with Crippen molar-refractivity contribution in [2.45, 2.75) is 28.7 Å². The molecule has 6 nitrogen and oxygen atoms in total. The number of hydrogen-bond acceptors (Lipinski definition) is 5. The SMILES string of the molecule is O=C(c1ccc(C2Nc3ccccc3S2)cc1)N1CCN(C(=O)C2(O)CC2)CC1. The monoisotopic (exact) mass is 409 g/mol. The largest absolute Gasteiger partial charge is 0.380 e. The maximum Gasteiger partial charge on any atom is 0.254 e. The Balaban J connectivity index is 1.20. The Morgan fingerprint density at radius 2 is 1.62 bits per heavy atom. The lowest BCUT2D eigenvalue weighted by Gasteiger charge is -2.35. The van der Waals surface area contributed by atoms with Gasteiger partial charge >= 0.3 is 0 Å². The molecule has 2 heterocycles. The molecule has 2 aliphatic heterocycles. The third-order valence-corrected chi connectivity index (χ3v) is 7.09. The van der Waals surface area contributed by atoms with Gasteiger partial charge in [0, 0.05) is 42.3 Å². The van der Waals surface area contributed by atoms with E-state index in [0.29, 0.717) is 44.6 Å². The van der Waals surface area contributed by atoms with E-state index < -0.39 is 5.60 Å². The summed E-state index contributed by atoms with van der Waals surface area (Å²) in [6.45, 7) is 1.95. The summed E-state index contributed by atoms with van der Waals surface area (Å²) in [5.41, 5.74) is 1.81. The summed E-state index contributed by atoms with van der Waals surface area (Å²) >= 11 is 1.78. The molecule has 29 heavy (non-hydrogen) atoms. The van der Waals surface area contributed by atoms with Crippen LogP contribution in [0.1, 0.15) is 34.1 Å². The average molecular weight is 410 g/mol. The van der Waals surface area contributed by atoms with Crippen LogP contribution < -0.4 is 5.32 Å². The van der Waals surface area contributed by atoms with Crippen molar-refractivity contribution in [3.63, 3.8) is 0 Å². The second kappa shape index (κ2) is 7.07. The van der Waals surface area contributed by atoms with Gasteiger partial charge in [-0.1, -0.05) is 36.0 Å². The number of para-hydroxylation sites is 1. The molecule has 0 aromatic heterocycles. The molecule has 1 aliphatic carbocycles. The van der Waals surface area contributed by atoms with Gasteiger partial charge in [-0.2, -0.15) is 0 Å². The summed E-state index contributed by atoms with van der Waals surface area (Å²) in [6.07, 6.45) is 1.10. The van der Waals surface area contributed by atoms with Crippen LogP contribution >= 0.6 is 11.8 Å². The number of nitrogens with one attached hydrogen (secondary N) is 1. The summed E-state index contributed by atoms with van der Waals surface area (Å²) in [5.74, 6) is -0.194. The fourth-order valence-electron chi connectivity index (χ4n) is 3.86. The minimum atomic E-state index is -1.13. The first-order valence-electron chi connectivity index (χ1n) is 9.97. The molecule has 2 fully saturated rings. The third kappa shape index (κ3) is 3.49. The van der Waals surface area contributed by atoms with Gasteiger partial charge in [-0.15, -0.1) is 0 Å². The molecule has 0 radical (unpaired) electrons. The van der Waals surface area contributed by atoms with Crippen LogP contribution in [0.4, 0.5) is 5.69 Å². The minimum Gasteiger partial charge on any atom is -0.380 e. The van der Waals surface area contributed by atoms with Gasteiger partial charge in [0.1, 0.15) is 11.0 Å². The van der Waals surface area contributed by atoms with Crippen LogP contribution in [0.25, 0.3) is 0 Å². The quantitative estimate of drug-likeness (QED) is 0.816. The van der Waals surface area contributed by atoms with Gasteiger partial charge in [-0.05, 0) is 42.7 Å². The van der Waals surface area contributed by atoms with Gasteiger partial charge in [-0.25, -0.2) is 0 Å². The molecule has 2 N–H and O–H groups in total. The number of carbonyl (C=O) groups is 2. The molecule has 2 aromatic rings. The van der Waals surface area contributed by atoms with Gasteiger partial charge in [0.05, 0.1) is 0 Å². The summed E-state index contributed by atoms with van der Waals surface area (Å²) in [5, 5.41) is 13.7. The van der Waals surface area contributed by atoms with Gasteiger partial charge in [-0.3, -0.25) is 9.59 Å². The zero-order valence-electron chi connectivity index (χ0n) is 16.0. The van der Waals surface area contributed by atoms with E-state index in [1.165, 1.54) is 4.90 Å². The molecule has 0 spiro atoms. The molecular weight excluding hydrogens is 386 g/mol. The number of benzene rings is 2. The normalized spacial score (nSPS) is 22.0. The van der Waals surface area contributed by atoms with Crippen LogP contribution in [0.5, 0.6) is 0 Å². The highest BCUT2D eigenvalue weighted by atomic mass is 32.2. The predicted molar refractivity (Wildman–Crippen MR) is 112 cm³/mol. The smallest absolute Gasteiger partial charge is 0.254 e. The topological polar surface area (TPSA) is 72.9 Å². The highest BCUT2D eigenvalue weighted by Crippen LogP contribution is 2.46. The Morgan fingerprint density at radius 3 is 2.28 bits per heavy atom. The molecule has 1 atom stereocenters. The van der Waals surface area contributed by atoms with Crippen LogP contribution in [0.15, 0.2) is 53.4 Å². The molecule has 3 aliphatic rings. The van der Waals surface area contributed by atoms with Crippen molar-refractivity contribution in [2.24, 2.45) is 0 Å². The molecule has 1 unspecified atom stereocenters. The fraction of sp³-hybridized carbons (Fsp3) is 0.364. The molecule has 1 saturated carbocycles.